The third kappa shape index (κ3) is 7.23. The molecule has 0 N–H and O–H groups in total. The lowest BCUT2D eigenvalue weighted by Crippen LogP contribution is -1.96. The second kappa shape index (κ2) is 8.07. The van der Waals surface area contributed by atoms with Crippen molar-refractivity contribution in [1.82, 2.24) is 0 Å². The number of halogens is 1. The molecule has 6 heteroatoms. The molecule has 0 fully saturated rings. The van der Waals surface area contributed by atoms with Gasteiger partial charge in [-0.25, -0.2) is 4.57 Å². The molecule has 0 aliphatic carbocycles. The Hall–Kier alpha value is -0.0900. The van der Waals surface area contributed by atoms with E-state index in [4.69, 9.17) is 13.6 Å². The molecule has 16 heavy (non-hydrogen) atoms. The zero-order chi connectivity index (χ0) is 12.6. The summed E-state index contributed by atoms with van der Waals surface area (Å²) in [5, 5.41) is 0. The van der Waals surface area contributed by atoms with Crippen LogP contribution in [0.1, 0.15) is 27.7 Å². The summed E-state index contributed by atoms with van der Waals surface area (Å²) in [6.07, 6.45) is 3.15. The van der Waals surface area contributed by atoms with Crippen LogP contribution < -0.4 is 0 Å². The zero-order valence-electron chi connectivity index (χ0n) is 10.0. The fraction of sp³-hybridized carbons (Fsp3) is 0.600. The second-order valence-corrected chi connectivity index (χ2v) is 5.65. The van der Waals surface area contributed by atoms with Crippen molar-refractivity contribution in [2.45, 2.75) is 27.7 Å². The Bertz CT molecular complexity index is 298. The van der Waals surface area contributed by atoms with Crippen molar-refractivity contribution in [2.75, 3.05) is 13.2 Å². The molecule has 0 unspecified atom stereocenters. The van der Waals surface area contributed by atoms with E-state index in [1.807, 2.05) is 19.9 Å². The first-order valence-corrected chi connectivity index (χ1v) is 7.27. The summed E-state index contributed by atoms with van der Waals surface area (Å²) in [5.41, 5.74) is 1.09. The maximum absolute atomic E-state index is 11.9. The summed E-state index contributed by atoms with van der Waals surface area (Å²) in [6, 6.07) is 0. The van der Waals surface area contributed by atoms with Gasteiger partial charge in [0.15, 0.2) is 0 Å². The molecule has 0 aromatic carbocycles. The average Bonchev–Trinajstić information content (AvgIpc) is 2.15. The highest BCUT2D eigenvalue weighted by Crippen LogP contribution is 2.49. The van der Waals surface area contributed by atoms with Gasteiger partial charge in [0.05, 0.1) is 17.7 Å². The van der Waals surface area contributed by atoms with Crippen LogP contribution in [-0.2, 0) is 18.1 Å². The monoisotopic (exact) mass is 312 g/mol. The van der Waals surface area contributed by atoms with Gasteiger partial charge in [0.1, 0.15) is 6.26 Å². The van der Waals surface area contributed by atoms with Gasteiger partial charge in [-0.2, -0.15) is 0 Å². The van der Waals surface area contributed by atoms with Gasteiger partial charge >= 0.3 is 7.82 Å². The van der Waals surface area contributed by atoms with Crippen LogP contribution in [0.4, 0.5) is 0 Å². The number of allylic oxidation sites excluding steroid dienone is 3. The molecule has 0 rings (SSSR count). The van der Waals surface area contributed by atoms with Crippen LogP contribution in [0.5, 0.6) is 0 Å². The summed E-state index contributed by atoms with van der Waals surface area (Å²) in [7, 11) is -3.45. The van der Waals surface area contributed by atoms with E-state index in [1.54, 1.807) is 13.8 Å². The Labute approximate surface area is 105 Å². The Kier molecular flexibility index (Phi) is 8.02. The molecular formula is C10H18BrO4P. The molecule has 0 atom stereocenters. The zero-order valence-corrected chi connectivity index (χ0v) is 12.5. The molecule has 0 aromatic rings. The largest absolute Gasteiger partial charge is 0.529 e. The molecule has 0 radical (unpaired) electrons. The van der Waals surface area contributed by atoms with Crippen molar-refractivity contribution in [2.24, 2.45) is 0 Å². The number of phosphoric acid groups is 1. The van der Waals surface area contributed by atoms with E-state index in [0.717, 1.165) is 5.57 Å². The average molecular weight is 313 g/mol. The molecule has 0 heterocycles. The minimum absolute atomic E-state index is 0.269. The molecular weight excluding hydrogens is 295 g/mol. The predicted octanol–water partition coefficient (Wildman–Crippen LogP) is 4.39. The van der Waals surface area contributed by atoms with Crippen LogP contribution in [0.2, 0.25) is 0 Å². The second-order valence-electron chi connectivity index (χ2n) is 3.11. The van der Waals surface area contributed by atoms with Crippen molar-refractivity contribution < 1.29 is 18.1 Å². The Morgan fingerprint density at radius 1 is 1.25 bits per heavy atom. The Morgan fingerprint density at radius 2 is 1.75 bits per heavy atom. The summed E-state index contributed by atoms with van der Waals surface area (Å²) < 4.78 is 27.5. The summed E-state index contributed by atoms with van der Waals surface area (Å²) >= 11 is 3.26. The van der Waals surface area contributed by atoms with Gasteiger partial charge in [-0.05, 0) is 49.7 Å². The molecule has 0 spiro atoms. The highest BCUT2D eigenvalue weighted by Gasteiger charge is 2.25. The molecule has 0 aliphatic rings. The number of hydrogen-bond acceptors (Lipinski definition) is 4. The first-order chi connectivity index (χ1) is 7.43. The van der Waals surface area contributed by atoms with Crippen molar-refractivity contribution in [1.29, 1.82) is 0 Å². The van der Waals surface area contributed by atoms with Crippen molar-refractivity contribution in [3.63, 3.8) is 0 Å². The van der Waals surface area contributed by atoms with Crippen LogP contribution >= 0.6 is 23.8 Å². The lowest BCUT2D eigenvalue weighted by molar-refractivity contribution is 0.153. The van der Waals surface area contributed by atoms with Gasteiger partial charge in [-0.15, -0.1) is 0 Å². The number of rotatable bonds is 7. The van der Waals surface area contributed by atoms with Crippen molar-refractivity contribution in [3.8, 4) is 0 Å². The van der Waals surface area contributed by atoms with Gasteiger partial charge in [0.25, 0.3) is 0 Å². The number of hydrogen-bond donors (Lipinski definition) is 0. The van der Waals surface area contributed by atoms with E-state index in [-0.39, 0.29) is 13.2 Å². The quantitative estimate of drug-likeness (QED) is 0.397. The lowest BCUT2D eigenvalue weighted by atomic mass is 10.3. The van der Waals surface area contributed by atoms with Gasteiger partial charge in [0.2, 0.25) is 0 Å². The molecule has 94 valence electrons. The predicted molar refractivity (Wildman–Crippen MR) is 68.4 cm³/mol. The lowest BCUT2D eigenvalue weighted by Gasteiger charge is -2.14. The summed E-state index contributed by atoms with van der Waals surface area (Å²) in [6.45, 7) is 7.88. The summed E-state index contributed by atoms with van der Waals surface area (Å²) in [4.78, 5) is 0. The fourth-order valence-corrected chi connectivity index (χ4v) is 2.61. The normalized spacial score (nSPS) is 12.4. The van der Waals surface area contributed by atoms with Crippen molar-refractivity contribution in [3.05, 3.63) is 22.4 Å². The van der Waals surface area contributed by atoms with E-state index < -0.39 is 7.82 Å². The van der Waals surface area contributed by atoms with Crippen LogP contribution in [0.25, 0.3) is 0 Å². The molecule has 0 aromatic heterocycles. The maximum Gasteiger partial charge on any atom is 0.529 e. The van der Waals surface area contributed by atoms with Crippen LogP contribution in [0.3, 0.4) is 0 Å². The van der Waals surface area contributed by atoms with E-state index in [2.05, 4.69) is 15.9 Å². The molecule has 0 aliphatic heterocycles. The SMILES string of the molecule is CCOP(=O)(O/C=C(/Br)C=C(C)C)OCC. The van der Waals surface area contributed by atoms with Gasteiger partial charge in [-0.3, -0.25) is 9.05 Å². The Morgan fingerprint density at radius 3 is 2.12 bits per heavy atom. The van der Waals surface area contributed by atoms with Crippen LogP contribution in [-0.4, -0.2) is 13.2 Å². The summed E-state index contributed by atoms with van der Waals surface area (Å²) in [5.74, 6) is 0. The Balaban J connectivity index is 4.53. The van der Waals surface area contributed by atoms with E-state index >= 15 is 0 Å². The van der Waals surface area contributed by atoms with Crippen LogP contribution in [0, 0.1) is 0 Å². The van der Waals surface area contributed by atoms with Crippen molar-refractivity contribution >= 4 is 23.8 Å². The van der Waals surface area contributed by atoms with Gasteiger partial charge in [-0.1, -0.05) is 5.57 Å². The molecule has 4 nitrogen and oxygen atoms in total. The molecule has 0 bridgehead atoms. The maximum atomic E-state index is 11.9. The smallest absolute Gasteiger partial charge is 0.411 e. The highest BCUT2D eigenvalue weighted by molar-refractivity contribution is 9.11. The van der Waals surface area contributed by atoms with E-state index in [9.17, 15) is 4.57 Å². The highest BCUT2D eigenvalue weighted by atomic mass is 79.9. The van der Waals surface area contributed by atoms with Gasteiger partial charge in [0, 0.05) is 0 Å². The minimum atomic E-state index is -3.45. The van der Waals surface area contributed by atoms with Gasteiger partial charge < -0.3 is 4.52 Å². The van der Waals surface area contributed by atoms with E-state index in [1.165, 1.54) is 6.26 Å². The number of phosphoric ester groups is 1. The standard InChI is InChI=1S/C10H18BrO4P/c1-5-13-16(12,14-6-2)15-8-10(11)7-9(3)4/h7-8H,5-6H2,1-4H3/b10-8+. The fourth-order valence-electron chi connectivity index (χ4n) is 0.839. The molecule has 0 saturated heterocycles. The minimum Gasteiger partial charge on any atom is -0.411 e. The third-order valence-electron chi connectivity index (χ3n) is 1.30. The molecule has 0 saturated carbocycles. The van der Waals surface area contributed by atoms with Crippen LogP contribution in [0.15, 0.2) is 22.4 Å². The topological polar surface area (TPSA) is 44.8 Å². The third-order valence-corrected chi connectivity index (χ3v) is 3.22. The van der Waals surface area contributed by atoms with E-state index in [0.29, 0.717) is 4.48 Å². The first kappa shape index (κ1) is 15.9. The first-order valence-electron chi connectivity index (χ1n) is 5.01. The molecule has 0 amide bonds.